The van der Waals surface area contributed by atoms with Crippen molar-refractivity contribution in [1.29, 1.82) is 0 Å². The predicted octanol–water partition coefficient (Wildman–Crippen LogP) is 4.89. The van der Waals surface area contributed by atoms with Crippen LogP contribution in [0.15, 0.2) is 36.4 Å². The summed E-state index contributed by atoms with van der Waals surface area (Å²) in [6.07, 6.45) is 0. The van der Waals surface area contributed by atoms with Gasteiger partial charge in [0.1, 0.15) is 11.5 Å². The van der Waals surface area contributed by atoms with Gasteiger partial charge in [-0.3, -0.25) is 0 Å². The highest BCUT2D eigenvalue weighted by molar-refractivity contribution is 5.39. The molecule has 2 nitrogen and oxygen atoms in total. The van der Waals surface area contributed by atoms with Crippen molar-refractivity contribution < 1.29 is 18.3 Å². The predicted molar refractivity (Wildman–Crippen MR) is 73.5 cm³/mol. The van der Waals surface area contributed by atoms with Gasteiger partial charge in [0.15, 0.2) is 17.4 Å². The minimum absolute atomic E-state index is 0.0462. The molecule has 0 heterocycles. The Morgan fingerprint density at radius 3 is 2.10 bits per heavy atom. The Kier molecular flexibility index (Phi) is 4.23. The van der Waals surface area contributed by atoms with Crippen LogP contribution in [0.2, 0.25) is 0 Å². The maximum atomic E-state index is 13.9. The molecule has 0 spiro atoms. The molecule has 0 aromatic heterocycles. The van der Waals surface area contributed by atoms with Gasteiger partial charge in [0, 0.05) is 6.07 Å². The number of hydrogen-bond donors (Lipinski definition) is 0. The van der Waals surface area contributed by atoms with Gasteiger partial charge in [0.25, 0.3) is 0 Å². The van der Waals surface area contributed by atoms with Gasteiger partial charge in [-0.2, -0.15) is 0 Å². The van der Waals surface area contributed by atoms with Gasteiger partial charge in [-0.05, 0) is 35.7 Å². The smallest absolute Gasteiger partial charge is 0.198 e. The van der Waals surface area contributed by atoms with Crippen molar-refractivity contribution in [3.8, 4) is 17.2 Å². The normalized spacial score (nSPS) is 10.7. The van der Waals surface area contributed by atoms with Gasteiger partial charge in [0.2, 0.25) is 0 Å². The molecule has 2 aromatic carbocycles. The molecule has 2 aromatic rings. The highest BCUT2D eigenvalue weighted by atomic mass is 19.1. The Labute approximate surface area is 117 Å². The molecule has 0 atom stereocenters. The molecule has 0 saturated heterocycles. The van der Waals surface area contributed by atoms with Crippen molar-refractivity contribution in [1.82, 2.24) is 0 Å². The van der Waals surface area contributed by atoms with Crippen LogP contribution in [0.5, 0.6) is 17.2 Å². The fourth-order valence-corrected chi connectivity index (χ4v) is 1.79. The maximum absolute atomic E-state index is 13.9. The fraction of sp³-hybridized carbons (Fsp3) is 0.250. The summed E-state index contributed by atoms with van der Waals surface area (Å²) in [6, 6.07) is 9.17. The average molecular weight is 278 g/mol. The largest absolute Gasteiger partial charge is 0.497 e. The highest BCUT2D eigenvalue weighted by Gasteiger charge is 2.15. The van der Waals surface area contributed by atoms with Crippen LogP contribution in [0.4, 0.5) is 8.78 Å². The zero-order chi connectivity index (χ0) is 14.7. The summed E-state index contributed by atoms with van der Waals surface area (Å²) in [6.45, 7) is 3.74. The molecule has 0 aliphatic rings. The second-order valence-corrected chi connectivity index (χ2v) is 4.75. The van der Waals surface area contributed by atoms with E-state index in [1.807, 2.05) is 13.8 Å². The lowest BCUT2D eigenvalue weighted by atomic mass is 10.0. The number of rotatable bonds is 4. The van der Waals surface area contributed by atoms with Gasteiger partial charge in [0.05, 0.1) is 7.11 Å². The average Bonchev–Trinajstić information content (AvgIpc) is 2.42. The van der Waals surface area contributed by atoms with Gasteiger partial charge < -0.3 is 9.47 Å². The zero-order valence-corrected chi connectivity index (χ0v) is 11.6. The summed E-state index contributed by atoms with van der Waals surface area (Å²) < 4.78 is 38.2. The number of halogens is 2. The second kappa shape index (κ2) is 5.90. The first kappa shape index (κ1) is 14.3. The minimum Gasteiger partial charge on any atom is -0.497 e. The van der Waals surface area contributed by atoms with Gasteiger partial charge in [-0.1, -0.05) is 19.9 Å². The van der Waals surface area contributed by atoms with E-state index in [1.165, 1.54) is 19.2 Å². The van der Waals surface area contributed by atoms with Crippen molar-refractivity contribution >= 4 is 0 Å². The summed E-state index contributed by atoms with van der Waals surface area (Å²) >= 11 is 0. The molecule has 106 valence electrons. The third-order valence-corrected chi connectivity index (χ3v) is 2.95. The second-order valence-electron chi connectivity index (χ2n) is 4.75. The Balaban J connectivity index is 2.33. The van der Waals surface area contributed by atoms with Crippen LogP contribution < -0.4 is 9.47 Å². The zero-order valence-electron chi connectivity index (χ0n) is 11.6. The van der Waals surface area contributed by atoms with E-state index in [0.29, 0.717) is 17.1 Å². The van der Waals surface area contributed by atoms with Crippen LogP contribution >= 0.6 is 0 Å². The molecule has 20 heavy (non-hydrogen) atoms. The van der Waals surface area contributed by atoms with Crippen molar-refractivity contribution in [2.75, 3.05) is 7.11 Å². The van der Waals surface area contributed by atoms with Gasteiger partial charge in [-0.15, -0.1) is 0 Å². The topological polar surface area (TPSA) is 18.5 Å². The molecule has 0 aliphatic heterocycles. The summed E-state index contributed by atoms with van der Waals surface area (Å²) in [7, 11) is 1.51. The number of ether oxygens (including phenoxy) is 2. The van der Waals surface area contributed by atoms with E-state index in [0.717, 1.165) is 0 Å². The van der Waals surface area contributed by atoms with E-state index in [2.05, 4.69) is 0 Å². The van der Waals surface area contributed by atoms with Crippen LogP contribution in [-0.4, -0.2) is 7.11 Å². The molecule has 0 fully saturated rings. The summed E-state index contributed by atoms with van der Waals surface area (Å²) in [5.74, 6) is -0.901. The molecule has 0 amide bonds. The third-order valence-electron chi connectivity index (χ3n) is 2.95. The summed E-state index contributed by atoms with van der Waals surface area (Å²) in [5, 5.41) is 0. The monoisotopic (exact) mass is 278 g/mol. The Morgan fingerprint density at radius 2 is 1.55 bits per heavy atom. The van der Waals surface area contributed by atoms with Gasteiger partial charge >= 0.3 is 0 Å². The summed E-state index contributed by atoms with van der Waals surface area (Å²) in [5.41, 5.74) is 0.595. The van der Waals surface area contributed by atoms with Crippen LogP contribution in [0.3, 0.4) is 0 Å². The standard InChI is InChI=1S/C16H16F2O2/c1-10(2)11-7-14(17)16(15(18)8-11)20-13-6-4-5-12(9-13)19-3/h4-10H,1-3H3. The molecule has 0 bridgehead atoms. The molecule has 4 heteroatoms. The maximum Gasteiger partial charge on any atom is 0.198 e. The third kappa shape index (κ3) is 3.07. The van der Waals surface area contributed by atoms with Crippen LogP contribution in [0.25, 0.3) is 0 Å². The number of hydrogen-bond acceptors (Lipinski definition) is 2. The van der Waals surface area contributed by atoms with Crippen LogP contribution in [0.1, 0.15) is 25.3 Å². The first-order valence-corrected chi connectivity index (χ1v) is 6.32. The first-order valence-electron chi connectivity index (χ1n) is 6.32. The van der Waals surface area contributed by atoms with Crippen LogP contribution in [-0.2, 0) is 0 Å². The molecule has 0 saturated carbocycles. The van der Waals surface area contributed by atoms with E-state index in [9.17, 15) is 8.78 Å². The van der Waals surface area contributed by atoms with E-state index in [1.54, 1.807) is 24.3 Å². The number of methoxy groups -OCH3 is 1. The molecular weight excluding hydrogens is 262 g/mol. The van der Waals surface area contributed by atoms with Crippen molar-refractivity contribution in [3.63, 3.8) is 0 Å². The quantitative estimate of drug-likeness (QED) is 0.792. The summed E-state index contributed by atoms with van der Waals surface area (Å²) in [4.78, 5) is 0. The first-order chi connectivity index (χ1) is 9.51. The van der Waals surface area contributed by atoms with Crippen molar-refractivity contribution in [2.24, 2.45) is 0 Å². The number of benzene rings is 2. The van der Waals surface area contributed by atoms with Crippen molar-refractivity contribution in [3.05, 3.63) is 53.6 Å². The van der Waals surface area contributed by atoms with Gasteiger partial charge in [-0.25, -0.2) is 8.78 Å². The molecule has 0 radical (unpaired) electrons. The van der Waals surface area contributed by atoms with E-state index in [4.69, 9.17) is 9.47 Å². The Bertz CT molecular complexity index is 586. The molecular formula is C16H16F2O2. The van der Waals surface area contributed by atoms with E-state index >= 15 is 0 Å². The van der Waals surface area contributed by atoms with Crippen LogP contribution in [0, 0.1) is 11.6 Å². The van der Waals surface area contributed by atoms with E-state index in [-0.39, 0.29) is 5.92 Å². The minimum atomic E-state index is -0.712. The molecule has 0 N–H and O–H groups in total. The SMILES string of the molecule is COc1cccc(Oc2c(F)cc(C(C)C)cc2F)c1. The van der Waals surface area contributed by atoms with E-state index < -0.39 is 17.4 Å². The Morgan fingerprint density at radius 1 is 0.950 bits per heavy atom. The molecule has 0 unspecified atom stereocenters. The lowest BCUT2D eigenvalue weighted by molar-refractivity contribution is 0.393. The molecule has 2 rings (SSSR count). The molecule has 0 aliphatic carbocycles. The fourth-order valence-electron chi connectivity index (χ4n) is 1.79. The Hall–Kier alpha value is -2.10. The lowest BCUT2D eigenvalue weighted by Gasteiger charge is -2.12. The van der Waals surface area contributed by atoms with Crippen molar-refractivity contribution in [2.45, 2.75) is 19.8 Å². The highest BCUT2D eigenvalue weighted by Crippen LogP contribution is 2.31. The lowest BCUT2D eigenvalue weighted by Crippen LogP contribution is -1.97.